The lowest BCUT2D eigenvalue weighted by Crippen LogP contribution is -2.51. The monoisotopic (exact) mass is 466 g/mol. The lowest BCUT2D eigenvalue weighted by Gasteiger charge is -2.19. The molecule has 2 rings (SSSR count). The molecule has 0 aliphatic rings. The number of aliphatic hydroxyl groups excluding tert-OH is 1. The van der Waals surface area contributed by atoms with Gasteiger partial charge in [0.15, 0.2) is 0 Å². The first-order valence-electron chi connectivity index (χ1n) is 11.3. The molecule has 2 aromatic rings. The second kappa shape index (κ2) is 14.1. The van der Waals surface area contributed by atoms with Gasteiger partial charge in [-0.15, -0.1) is 0 Å². The molecule has 0 saturated carbocycles. The first kappa shape index (κ1) is 27.0. The SMILES string of the molecule is CC(O)C(NC(=O)c1ccc(C#Cc2ccc(CNCCCCN(C)C)cc2)cc1)C(=O)NO. The molecule has 0 bridgehead atoms. The van der Waals surface area contributed by atoms with Gasteiger partial charge in [-0.3, -0.25) is 14.8 Å². The minimum atomic E-state index is -1.27. The maximum Gasteiger partial charge on any atom is 0.268 e. The molecular formula is C26H34N4O4. The van der Waals surface area contributed by atoms with Crippen LogP contribution in [0.3, 0.4) is 0 Å². The van der Waals surface area contributed by atoms with Crippen molar-refractivity contribution in [3.8, 4) is 11.8 Å². The van der Waals surface area contributed by atoms with Gasteiger partial charge in [0, 0.05) is 23.2 Å². The molecular weight excluding hydrogens is 432 g/mol. The normalized spacial score (nSPS) is 12.4. The molecule has 2 amide bonds. The van der Waals surface area contributed by atoms with Crippen LogP contribution in [0.4, 0.5) is 0 Å². The van der Waals surface area contributed by atoms with Gasteiger partial charge in [-0.1, -0.05) is 24.0 Å². The van der Waals surface area contributed by atoms with E-state index in [1.807, 2.05) is 12.1 Å². The molecule has 2 aromatic carbocycles. The number of carbonyl (C=O) groups excluding carboxylic acids is 2. The number of rotatable bonds is 11. The van der Waals surface area contributed by atoms with Crippen LogP contribution >= 0.6 is 0 Å². The van der Waals surface area contributed by atoms with Crippen LogP contribution in [0.2, 0.25) is 0 Å². The molecule has 2 unspecified atom stereocenters. The molecule has 8 nitrogen and oxygen atoms in total. The first-order valence-corrected chi connectivity index (χ1v) is 11.3. The van der Waals surface area contributed by atoms with E-state index >= 15 is 0 Å². The minimum absolute atomic E-state index is 0.306. The van der Waals surface area contributed by atoms with Crippen molar-refractivity contribution in [1.82, 2.24) is 21.0 Å². The predicted octanol–water partition coefficient (Wildman–Crippen LogP) is 1.50. The molecule has 0 aromatic heterocycles. The molecule has 0 saturated heterocycles. The maximum absolute atomic E-state index is 12.3. The number of benzene rings is 2. The average Bonchev–Trinajstić information content (AvgIpc) is 2.83. The smallest absolute Gasteiger partial charge is 0.268 e. The summed E-state index contributed by atoms with van der Waals surface area (Å²) in [7, 11) is 4.18. The Balaban J connectivity index is 1.87. The highest BCUT2D eigenvalue weighted by molar-refractivity contribution is 5.97. The zero-order valence-electron chi connectivity index (χ0n) is 20.0. The molecule has 0 spiro atoms. The Morgan fingerprint density at radius 3 is 2.09 bits per heavy atom. The van der Waals surface area contributed by atoms with Crippen molar-refractivity contribution in [2.75, 3.05) is 27.2 Å². The number of hydroxylamine groups is 1. The molecule has 0 aliphatic heterocycles. The van der Waals surface area contributed by atoms with Crippen LogP contribution in [-0.4, -0.2) is 66.4 Å². The van der Waals surface area contributed by atoms with E-state index in [9.17, 15) is 14.7 Å². The Labute approximate surface area is 201 Å². The van der Waals surface area contributed by atoms with Gasteiger partial charge in [-0.05, 0) is 88.9 Å². The summed E-state index contributed by atoms with van der Waals surface area (Å²) >= 11 is 0. The van der Waals surface area contributed by atoms with E-state index < -0.39 is 24.0 Å². The summed E-state index contributed by atoms with van der Waals surface area (Å²) in [4.78, 5) is 26.1. The van der Waals surface area contributed by atoms with Crippen molar-refractivity contribution in [1.29, 1.82) is 0 Å². The second-order valence-electron chi connectivity index (χ2n) is 8.38. The molecule has 0 heterocycles. The summed E-state index contributed by atoms with van der Waals surface area (Å²) in [6.45, 7) is 4.28. The molecule has 0 fully saturated rings. The highest BCUT2D eigenvalue weighted by Crippen LogP contribution is 2.07. The molecule has 0 aliphatic carbocycles. The third-order valence-electron chi connectivity index (χ3n) is 5.15. The number of nitrogens with one attached hydrogen (secondary N) is 3. The van der Waals surface area contributed by atoms with Gasteiger partial charge < -0.3 is 20.6 Å². The van der Waals surface area contributed by atoms with Gasteiger partial charge in [0.1, 0.15) is 6.04 Å². The van der Waals surface area contributed by atoms with Crippen LogP contribution in [0, 0.1) is 11.8 Å². The van der Waals surface area contributed by atoms with Gasteiger partial charge >= 0.3 is 0 Å². The van der Waals surface area contributed by atoms with Crippen molar-refractivity contribution < 1.29 is 19.9 Å². The third kappa shape index (κ3) is 9.33. The van der Waals surface area contributed by atoms with Crippen LogP contribution < -0.4 is 16.1 Å². The molecule has 5 N–H and O–H groups in total. The van der Waals surface area contributed by atoms with Crippen molar-refractivity contribution in [2.24, 2.45) is 0 Å². The standard InChI is InChI=1S/C26H34N4O4/c1-19(31)24(26(33)29-34)28-25(32)23-14-12-21(13-15-23)7-6-20-8-10-22(11-9-20)18-27-16-4-5-17-30(2)3/h8-15,19,24,27,31,34H,4-5,16-18H2,1-3H3,(H,28,32)(H,29,33). The highest BCUT2D eigenvalue weighted by atomic mass is 16.5. The van der Waals surface area contributed by atoms with Crippen LogP contribution in [-0.2, 0) is 11.3 Å². The number of hydrogen-bond acceptors (Lipinski definition) is 6. The van der Waals surface area contributed by atoms with Crippen molar-refractivity contribution in [3.63, 3.8) is 0 Å². The van der Waals surface area contributed by atoms with E-state index in [0.717, 1.165) is 37.2 Å². The summed E-state index contributed by atoms with van der Waals surface area (Å²) in [6.07, 6.45) is 1.17. The van der Waals surface area contributed by atoms with E-state index in [4.69, 9.17) is 5.21 Å². The summed E-state index contributed by atoms with van der Waals surface area (Å²) in [6, 6.07) is 13.4. The average molecular weight is 467 g/mol. The van der Waals surface area contributed by atoms with Crippen molar-refractivity contribution >= 4 is 11.8 Å². The van der Waals surface area contributed by atoms with E-state index in [-0.39, 0.29) is 0 Å². The van der Waals surface area contributed by atoms with Crippen LogP contribution in [0.25, 0.3) is 0 Å². The minimum Gasteiger partial charge on any atom is -0.391 e. The lowest BCUT2D eigenvalue weighted by molar-refractivity contribution is -0.133. The Morgan fingerprint density at radius 1 is 0.971 bits per heavy atom. The number of amides is 2. The van der Waals surface area contributed by atoms with Crippen molar-refractivity contribution in [3.05, 3.63) is 70.8 Å². The van der Waals surface area contributed by atoms with Gasteiger partial charge in [-0.2, -0.15) is 0 Å². The maximum atomic E-state index is 12.3. The number of hydrogen-bond donors (Lipinski definition) is 5. The Bertz CT molecular complexity index is 977. The van der Waals surface area contributed by atoms with E-state index in [1.165, 1.54) is 24.4 Å². The summed E-state index contributed by atoms with van der Waals surface area (Å²) in [5.41, 5.74) is 4.58. The second-order valence-corrected chi connectivity index (χ2v) is 8.38. The van der Waals surface area contributed by atoms with Gasteiger partial charge in [-0.25, -0.2) is 5.48 Å². The van der Waals surface area contributed by atoms with E-state index in [0.29, 0.717) is 5.56 Å². The topological polar surface area (TPSA) is 114 Å². The van der Waals surface area contributed by atoms with Gasteiger partial charge in [0.05, 0.1) is 6.10 Å². The van der Waals surface area contributed by atoms with E-state index in [1.54, 1.807) is 24.3 Å². The molecule has 8 heteroatoms. The first-order chi connectivity index (χ1) is 16.3. The number of nitrogens with zero attached hydrogens (tertiary/aromatic N) is 1. The fourth-order valence-electron chi connectivity index (χ4n) is 3.17. The van der Waals surface area contributed by atoms with Crippen LogP contribution in [0.1, 0.15) is 46.8 Å². The molecule has 34 heavy (non-hydrogen) atoms. The molecule has 2 atom stereocenters. The Hall–Kier alpha value is -3.22. The zero-order valence-corrected chi connectivity index (χ0v) is 20.0. The fourth-order valence-corrected chi connectivity index (χ4v) is 3.17. The highest BCUT2D eigenvalue weighted by Gasteiger charge is 2.25. The Morgan fingerprint density at radius 2 is 1.56 bits per heavy atom. The molecule has 0 radical (unpaired) electrons. The van der Waals surface area contributed by atoms with E-state index in [2.05, 4.69) is 53.6 Å². The fraction of sp³-hybridized carbons (Fsp3) is 0.385. The third-order valence-corrected chi connectivity index (χ3v) is 5.15. The zero-order chi connectivity index (χ0) is 24.9. The quantitative estimate of drug-likeness (QED) is 0.148. The van der Waals surface area contributed by atoms with Crippen LogP contribution in [0.5, 0.6) is 0 Å². The van der Waals surface area contributed by atoms with Crippen molar-refractivity contribution in [2.45, 2.75) is 38.5 Å². The number of aliphatic hydroxyl groups is 1. The van der Waals surface area contributed by atoms with Crippen LogP contribution in [0.15, 0.2) is 48.5 Å². The lowest BCUT2D eigenvalue weighted by atomic mass is 10.1. The Kier molecular flexibility index (Phi) is 11.2. The summed E-state index contributed by atoms with van der Waals surface area (Å²) in [5.74, 6) is 4.74. The van der Waals surface area contributed by atoms with Gasteiger partial charge in [0.25, 0.3) is 11.8 Å². The largest absolute Gasteiger partial charge is 0.391 e. The summed E-state index contributed by atoms with van der Waals surface area (Å²) in [5, 5.41) is 24.2. The number of unbranched alkanes of at least 4 members (excludes halogenated alkanes) is 1. The molecule has 182 valence electrons. The number of carbonyl (C=O) groups is 2. The predicted molar refractivity (Wildman–Crippen MR) is 131 cm³/mol. The summed E-state index contributed by atoms with van der Waals surface area (Å²) < 4.78 is 0. The van der Waals surface area contributed by atoms with Gasteiger partial charge in [0.2, 0.25) is 0 Å².